The van der Waals surface area contributed by atoms with Crippen LogP contribution in [0.5, 0.6) is 0 Å². The van der Waals surface area contributed by atoms with Crippen LogP contribution in [0.25, 0.3) is 10.9 Å². The Kier molecular flexibility index (Phi) is 1.97. The molecule has 0 radical (unpaired) electrons. The molecule has 72 valence electrons. The third-order valence-electron chi connectivity index (χ3n) is 2.17. The molecule has 0 aliphatic heterocycles. The lowest BCUT2D eigenvalue weighted by Crippen LogP contribution is -1.96. The predicted molar refractivity (Wildman–Crippen MR) is 54.9 cm³/mol. The molecule has 0 spiro atoms. The zero-order valence-electron chi connectivity index (χ0n) is 7.49. The summed E-state index contributed by atoms with van der Waals surface area (Å²) in [6.07, 6.45) is 1.85. The van der Waals surface area contributed by atoms with Crippen molar-refractivity contribution in [1.29, 1.82) is 0 Å². The molecule has 0 saturated carbocycles. The maximum absolute atomic E-state index is 10.7. The van der Waals surface area contributed by atoms with E-state index < -0.39 is 5.97 Å². The highest BCUT2D eigenvalue weighted by Crippen LogP contribution is 2.25. The van der Waals surface area contributed by atoms with Crippen molar-refractivity contribution in [3.05, 3.63) is 35.0 Å². The number of carboxylic acid groups (broad SMARTS) is 1. The van der Waals surface area contributed by atoms with Gasteiger partial charge >= 0.3 is 5.97 Å². The summed E-state index contributed by atoms with van der Waals surface area (Å²) in [5.74, 6) is -0.961. The Hall–Kier alpha value is -1.48. The highest BCUT2D eigenvalue weighted by molar-refractivity contribution is 6.35. The van der Waals surface area contributed by atoms with E-state index in [2.05, 4.69) is 0 Å². The van der Waals surface area contributed by atoms with E-state index in [1.54, 1.807) is 6.07 Å². The van der Waals surface area contributed by atoms with E-state index >= 15 is 0 Å². The Morgan fingerprint density at radius 3 is 2.86 bits per heavy atom. The molecule has 0 fully saturated rings. The summed E-state index contributed by atoms with van der Waals surface area (Å²) in [6.45, 7) is 0. The van der Waals surface area contributed by atoms with Crippen LogP contribution in [0.15, 0.2) is 24.4 Å². The molecular formula is C10H8ClNO2. The number of hydrogen-bond acceptors (Lipinski definition) is 1. The highest BCUT2D eigenvalue weighted by Gasteiger charge is 2.09. The molecule has 14 heavy (non-hydrogen) atoms. The third-order valence-corrected chi connectivity index (χ3v) is 2.46. The monoisotopic (exact) mass is 209 g/mol. The van der Waals surface area contributed by atoms with Gasteiger partial charge in [-0.25, -0.2) is 4.79 Å². The van der Waals surface area contributed by atoms with Gasteiger partial charge in [-0.2, -0.15) is 0 Å². The minimum Gasteiger partial charge on any atom is -0.478 e. The smallest absolute Gasteiger partial charge is 0.335 e. The Morgan fingerprint density at radius 1 is 1.50 bits per heavy atom. The van der Waals surface area contributed by atoms with Crippen LogP contribution in [0.3, 0.4) is 0 Å². The van der Waals surface area contributed by atoms with Gasteiger partial charge in [-0.1, -0.05) is 11.6 Å². The standard InChI is InChI=1S/C10H8ClNO2/c1-12-3-2-6-4-7(10(13)14)5-8(11)9(6)12/h2-5H,1H3,(H,13,14). The first kappa shape index (κ1) is 9.09. The van der Waals surface area contributed by atoms with Crippen molar-refractivity contribution in [2.45, 2.75) is 0 Å². The minimum atomic E-state index is -0.961. The van der Waals surface area contributed by atoms with Crippen molar-refractivity contribution in [1.82, 2.24) is 4.57 Å². The zero-order valence-corrected chi connectivity index (χ0v) is 8.25. The number of hydrogen-bond donors (Lipinski definition) is 1. The maximum Gasteiger partial charge on any atom is 0.335 e. The molecule has 1 aromatic heterocycles. The Morgan fingerprint density at radius 2 is 2.21 bits per heavy atom. The minimum absolute atomic E-state index is 0.216. The zero-order chi connectivity index (χ0) is 10.3. The maximum atomic E-state index is 10.7. The number of aromatic nitrogens is 1. The largest absolute Gasteiger partial charge is 0.478 e. The van der Waals surface area contributed by atoms with Gasteiger partial charge in [0.05, 0.1) is 16.1 Å². The summed E-state index contributed by atoms with van der Waals surface area (Å²) >= 11 is 5.97. The lowest BCUT2D eigenvalue weighted by atomic mass is 10.1. The summed E-state index contributed by atoms with van der Waals surface area (Å²) in [5.41, 5.74) is 1.07. The Balaban J connectivity index is 2.80. The number of benzene rings is 1. The van der Waals surface area contributed by atoms with E-state index in [1.165, 1.54) is 6.07 Å². The number of nitrogens with zero attached hydrogens (tertiary/aromatic N) is 1. The van der Waals surface area contributed by atoms with E-state index in [1.807, 2.05) is 23.9 Å². The molecular weight excluding hydrogens is 202 g/mol. The lowest BCUT2D eigenvalue weighted by molar-refractivity contribution is 0.0697. The second-order valence-corrected chi connectivity index (χ2v) is 3.53. The van der Waals surface area contributed by atoms with Gasteiger partial charge in [-0.15, -0.1) is 0 Å². The second-order valence-electron chi connectivity index (χ2n) is 3.13. The highest BCUT2D eigenvalue weighted by atomic mass is 35.5. The normalized spacial score (nSPS) is 10.7. The molecule has 0 unspecified atom stereocenters. The number of fused-ring (bicyclic) bond motifs is 1. The number of carbonyl (C=O) groups is 1. The van der Waals surface area contributed by atoms with Crippen molar-refractivity contribution in [3.8, 4) is 0 Å². The van der Waals surface area contributed by atoms with E-state index in [4.69, 9.17) is 16.7 Å². The number of aromatic carboxylic acids is 1. The van der Waals surface area contributed by atoms with Crippen molar-refractivity contribution in [2.75, 3.05) is 0 Å². The van der Waals surface area contributed by atoms with Crippen molar-refractivity contribution >= 4 is 28.5 Å². The molecule has 0 saturated heterocycles. The molecule has 0 aliphatic carbocycles. The third kappa shape index (κ3) is 1.26. The molecule has 1 N–H and O–H groups in total. The second kappa shape index (κ2) is 3.03. The van der Waals surface area contributed by atoms with E-state index in [9.17, 15) is 4.79 Å². The van der Waals surface area contributed by atoms with Gasteiger partial charge in [-0.3, -0.25) is 0 Å². The summed E-state index contributed by atoms with van der Waals surface area (Å²) in [6, 6.07) is 4.92. The van der Waals surface area contributed by atoms with Crippen LogP contribution in [0, 0.1) is 0 Å². The van der Waals surface area contributed by atoms with Crippen LogP contribution in [0.2, 0.25) is 5.02 Å². The molecule has 0 atom stereocenters. The van der Waals surface area contributed by atoms with Crippen LogP contribution in [-0.2, 0) is 7.05 Å². The fourth-order valence-electron chi connectivity index (χ4n) is 1.51. The Labute approximate surface area is 85.5 Å². The molecule has 2 rings (SSSR count). The molecule has 2 aromatic rings. The van der Waals surface area contributed by atoms with Gasteiger partial charge in [-0.05, 0) is 18.2 Å². The number of halogens is 1. The summed E-state index contributed by atoms with van der Waals surface area (Å²) < 4.78 is 1.86. The summed E-state index contributed by atoms with van der Waals surface area (Å²) in [4.78, 5) is 10.7. The summed E-state index contributed by atoms with van der Waals surface area (Å²) in [5, 5.41) is 10.1. The average Bonchev–Trinajstić information content (AvgIpc) is 2.48. The molecule has 1 heterocycles. The molecule has 0 bridgehead atoms. The van der Waals surface area contributed by atoms with Gasteiger partial charge in [0.2, 0.25) is 0 Å². The average molecular weight is 210 g/mol. The van der Waals surface area contributed by atoms with Gasteiger partial charge in [0, 0.05) is 18.6 Å². The number of carboxylic acids is 1. The molecule has 0 aliphatic rings. The summed E-state index contributed by atoms with van der Waals surface area (Å²) in [7, 11) is 1.87. The van der Waals surface area contributed by atoms with Gasteiger partial charge < -0.3 is 9.67 Å². The first-order valence-corrected chi connectivity index (χ1v) is 4.45. The van der Waals surface area contributed by atoms with E-state index in [0.29, 0.717) is 5.02 Å². The predicted octanol–water partition coefficient (Wildman–Crippen LogP) is 2.53. The molecule has 1 aromatic carbocycles. The van der Waals surface area contributed by atoms with Crippen LogP contribution in [0.1, 0.15) is 10.4 Å². The first-order chi connectivity index (χ1) is 6.59. The topological polar surface area (TPSA) is 42.2 Å². The van der Waals surface area contributed by atoms with Gasteiger partial charge in [0.15, 0.2) is 0 Å². The van der Waals surface area contributed by atoms with E-state index in [0.717, 1.165) is 10.9 Å². The van der Waals surface area contributed by atoms with Crippen LogP contribution >= 0.6 is 11.6 Å². The first-order valence-electron chi connectivity index (χ1n) is 4.07. The number of rotatable bonds is 1. The van der Waals surface area contributed by atoms with Gasteiger partial charge in [0.1, 0.15) is 0 Å². The van der Waals surface area contributed by atoms with Crippen molar-refractivity contribution in [2.24, 2.45) is 7.05 Å². The lowest BCUT2D eigenvalue weighted by Gasteiger charge is -2.01. The van der Waals surface area contributed by atoms with Crippen molar-refractivity contribution in [3.63, 3.8) is 0 Å². The Bertz CT molecular complexity index is 516. The van der Waals surface area contributed by atoms with E-state index in [-0.39, 0.29) is 5.56 Å². The quantitative estimate of drug-likeness (QED) is 0.784. The molecule has 0 amide bonds. The molecule has 3 nitrogen and oxygen atoms in total. The molecule has 4 heteroatoms. The SMILES string of the molecule is Cn1ccc2cc(C(=O)O)cc(Cl)c21. The fraction of sp³-hybridized carbons (Fsp3) is 0.100. The number of aryl methyl sites for hydroxylation is 1. The van der Waals surface area contributed by atoms with Crippen LogP contribution in [-0.4, -0.2) is 15.6 Å². The van der Waals surface area contributed by atoms with Crippen molar-refractivity contribution < 1.29 is 9.90 Å². The fourth-order valence-corrected chi connectivity index (χ4v) is 1.87. The van der Waals surface area contributed by atoms with Crippen LogP contribution in [0.4, 0.5) is 0 Å². The van der Waals surface area contributed by atoms with Crippen LogP contribution < -0.4 is 0 Å². The van der Waals surface area contributed by atoms with Gasteiger partial charge in [0.25, 0.3) is 0 Å².